The van der Waals surface area contributed by atoms with Gasteiger partial charge in [-0.1, -0.05) is 12.1 Å². The van der Waals surface area contributed by atoms with E-state index in [1.54, 1.807) is 38.1 Å². The Morgan fingerprint density at radius 3 is 2.25 bits per heavy atom. The first kappa shape index (κ1) is 16.9. The summed E-state index contributed by atoms with van der Waals surface area (Å²) in [4.78, 5) is 11.9. The summed E-state index contributed by atoms with van der Waals surface area (Å²) in [7, 11) is -3.32. The second kappa shape index (κ2) is 6.56. The summed E-state index contributed by atoms with van der Waals surface area (Å²) in [6.45, 7) is 3.59. The first-order valence-electron chi connectivity index (χ1n) is 6.05. The third-order valence-corrected chi connectivity index (χ3v) is 3.75. The summed E-state index contributed by atoms with van der Waals surface area (Å²) >= 11 is 5.68. The molecule has 1 rings (SSSR count). The summed E-state index contributed by atoms with van der Waals surface area (Å²) in [5.41, 5.74) is 0.690. The van der Waals surface area contributed by atoms with Crippen LogP contribution in [0.3, 0.4) is 0 Å². The van der Waals surface area contributed by atoms with Crippen molar-refractivity contribution in [3.05, 3.63) is 35.4 Å². The largest absolute Gasteiger partial charge is 0.350 e. The molecule has 0 atom stereocenters. The predicted molar refractivity (Wildman–Crippen MR) is 80.4 cm³/mol. The van der Waals surface area contributed by atoms with Crippen molar-refractivity contribution in [2.75, 3.05) is 12.8 Å². The Bertz CT molecular complexity index is 568. The third kappa shape index (κ3) is 5.90. The molecular weight excluding hydrogens is 300 g/mol. The molecule has 0 fully saturated rings. The fourth-order valence-corrected chi connectivity index (χ4v) is 2.94. The SMILES string of the molecule is CC(C)(CNC(=O)c1ccc(CCl)cc1)NS(C)(=O)=O. The van der Waals surface area contributed by atoms with Crippen LogP contribution in [0.15, 0.2) is 24.3 Å². The minimum Gasteiger partial charge on any atom is -0.350 e. The number of hydrogen-bond acceptors (Lipinski definition) is 3. The maximum Gasteiger partial charge on any atom is 0.251 e. The number of amides is 1. The van der Waals surface area contributed by atoms with E-state index in [9.17, 15) is 13.2 Å². The quantitative estimate of drug-likeness (QED) is 0.780. The van der Waals surface area contributed by atoms with Gasteiger partial charge >= 0.3 is 0 Å². The van der Waals surface area contributed by atoms with Crippen molar-refractivity contribution in [2.24, 2.45) is 0 Å². The number of rotatable bonds is 6. The topological polar surface area (TPSA) is 75.3 Å². The number of carbonyl (C=O) groups is 1. The van der Waals surface area contributed by atoms with Gasteiger partial charge in [0, 0.05) is 23.5 Å². The van der Waals surface area contributed by atoms with E-state index in [-0.39, 0.29) is 12.5 Å². The van der Waals surface area contributed by atoms with Crippen molar-refractivity contribution in [1.82, 2.24) is 10.0 Å². The molecule has 0 aliphatic heterocycles. The number of halogens is 1. The Labute approximate surface area is 124 Å². The number of alkyl halides is 1. The van der Waals surface area contributed by atoms with E-state index in [1.165, 1.54) is 0 Å². The van der Waals surface area contributed by atoms with Gasteiger partial charge in [-0.25, -0.2) is 13.1 Å². The number of hydrogen-bond donors (Lipinski definition) is 2. The average molecular weight is 319 g/mol. The van der Waals surface area contributed by atoms with Gasteiger partial charge in [-0.3, -0.25) is 4.79 Å². The van der Waals surface area contributed by atoms with Crippen LogP contribution in [0.4, 0.5) is 0 Å². The summed E-state index contributed by atoms with van der Waals surface area (Å²) in [6, 6.07) is 6.93. The molecule has 0 bridgehead atoms. The van der Waals surface area contributed by atoms with Gasteiger partial charge in [-0.2, -0.15) is 0 Å². The Kier molecular flexibility index (Phi) is 5.56. The van der Waals surface area contributed by atoms with Crippen LogP contribution < -0.4 is 10.0 Å². The highest BCUT2D eigenvalue weighted by Gasteiger charge is 2.22. The summed E-state index contributed by atoms with van der Waals surface area (Å²) in [5, 5.41) is 2.70. The molecule has 0 spiro atoms. The van der Waals surface area contributed by atoms with Gasteiger partial charge in [0.15, 0.2) is 0 Å². The molecule has 7 heteroatoms. The standard InChI is InChI=1S/C13H19ClN2O3S/c1-13(2,16-20(3,18)19)9-15-12(17)11-6-4-10(8-14)5-7-11/h4-7,16H,8-9H2,1-3H3,(H,15,17). The van der Waals surface area contributed by atoms with Crippen molar-refractivity contribution in [1.29, 1.82) is 0 Å². The molecule has 0 saturated heterocycles. The van der Waals surface area contributed by atoms with Gasteiger partial charge in [-0.05, 0) is 31.5 Å². The average Bonchev–Trinajstić information content (AvgIpc) is 2.33. The van der Waals surface area contributed by atoms with Gasteiger partial charge in [-0.15, -0.1) is 11.6 Å². The minimum absolute atomic E-state index is 0.191. The van der Waals surface area contributed by atoms with Crippen LogP contribution >= 0.6 is 11.6 Å². The van der Waals surface area contributed by atoms with Gasteiger partial charge < -0.3 is 5.32 Å². The van der Waals surface area contributed by atoms with Gasteiger partial charge in [0.1, 0.15) is 0 Å². The highest BCUT2D eigenvalue weighted by Crippen LogP contribution is 2.08. The molecule has 0 aromatic heterocycles. The lowest BCUT2D eigenvalue weighted by Crippen LogP contribution is -2.51. The van der Waals surface area contributed by atoms with E-state index in [2.05, 4.69) is 10.0 Å². The fraction of sp³-hybridized carbons (Fsp3) is 0.462. The molecule has 1 aromatic rings. The van der Waals surface area contributed by atoms with Crippen LogP contribution in [0.25, 0.3) is 0 Å². The molecule has 2 N–H and O–H groups in total. The van der Waals surface area contributed by atoms with Crippen LogP contribution in [0.1, 0.15) is 29.8 Å². The van der Waals surface area contributed by atoms with E-state index < -0.39 is 15.6 Å². The van der Waals surface area contributed by atoms with Crippen LogP contribution in [-0.2, 0) is 15.9 Å². The molecule has 0 saturated carbocycles. The van der Waals surface area contributed by atoms with Gasteiger partial charge in [0.25, 0.3) is 5.91 Å². The van der Waals surface area contributed by atoms with Crippen LogP contribution in [0, 0.1) is 0 Å². The smallest absolute Gasteiger partial charge is 0.251 e. The summed E-state index contributed by atoms with van der Waals surface area (Å²) in [6.07, 6.45) is 1.08. The van der Waals surface area contributed by atoms with Gasteiger partial charge in [0.2, 0.25) is 10.0 Å². The number of carbonyl (C=O) groups excluding carboxylic acids is 1. The zero-order chi connectivity index (χ0) is 15.4. The lowest BCUT2D eigenvalue weighted by molar-refractivity contribution is 0.0944. The first-order chi connectivity index (χ1) is 9.13. The summed E-state index contributed by atoms with van der Waals surface area (Å²) in [5.74, 6) is 0.141. The van der Waals surface area contributed by atoms with Crippen molar-refractivity contribution in [3.63, 3.8) is 0 Å². The molecule has 0 heterocycles. The third-order valence-electron chi connectivity index (χ3n) is 2.52. The maximum absolute atomic E-state index is 11.9. The second-order valence-corrected chi connectivity index (χ2v) is 7.29. The maximum atomic E-state index is 11.9. The Hall–Kier alpha value is -1.11. The van der Waals surface area contributed by atoms with E-state index in [1.807, 2.05) is 0 Å². The Morgan fingerprint density at radius 2 is 1.80 bits per heavy atom. The minimum atomic E-state index is -3.32. The fourth-order valence-electron chi connectivity index (χ4n) is 1.69. The lowest BCUT2D eigenvalue weighted by Gasteiger charge is -2.25. The van der Waals surface area contributed by atoms with E-state index >= 15 is 0 Å². The first-order valence-corrected chi connectivity index (χ1v) is 8.48. The number of benzene rings is 1. The second-order valence-electron chi connectivity index (χ2n) is 5.27. The molecule has 1 aromatic carbocycles. The molecule has 112 valence electrons. The van der Waals surface area contributed by atoms with Crippen molar-refractivity contribution in [3.8, 4) is 0 Å². The van der Waals surface area contributed by atoms with Crippen LogP contribution in [0.2, 0.25) is 0 Å². The normalized spacial score (nSPS) is 12.2. The highest BCUT2D eigenvalue weighted by atomic mass is 35.5. The highest BCUT2D eigenvalue weighted by molar-refractivity contribution is 7.88. The van der Waals surface area contributed by atoms with E-state index in [4.69, 9.17) is 11.6 Å². The molecule has 20 heavy (non-hydrogen) atoms. The molecule has 0 aliphatic rings. The molecule has 5 nitrogen and oxygen atoms in total. The monoisotopic (exact) mass is 318 g/mol. The van der Waals surface area contributed by atoms with Gasteiger partial charge in [0.05, 0.1) is 6.26 Å². The molecule has 0 unspecified atom stereocenters. The summed E-state index contributed by atoms with van der Waals surface area (Å²) < 4.78 is 24.9. The molecule has 0 radical (unpaired) electrons. The van der Waals surface area contributed by atoms with Crippen LogP contribution in [-0.4, -0.2) is 32.7 Å². The van der Waals surface area contributed by atoms with E-state index in [0.717, 1.165) is 11.8 Å². The number of sulfonamides is 1. The lowest BCUT2D eigenvalue weighted by atomic mass is 10.1. The Balaban J connectivity index is 2.62. The molecular formula is C13H19ClN2O3S. The van der Waals surface area contributed by atoms with E-state index in [0.29, 0.717) is 11.4 Å². The van der Waals surface area contributed by atoms with Crippen molar-refractivity contribution in [2.45, 2.75) is 25.3 Å². The molecule has 1 amide bonds. The van der Waals surface area contributed by atoms with Crippen molar-refractivity contribution < 1.29 is 13.2 Å². The zero-order valence-electron chi connectivity index (χ0n) is 11.7. The van der Waals surface area contributed by atoms with Crippen molar-refractivity contribution >= 4 is 27.5 Å². The molecule has 0 aliphatic carbocycles. The zero-order valence-corrected chi connectivity index (χ0v) is 13.3. The predicted octanol–water partition coefficient (Wildman–Crippen LogP) is 1.48. The number of nitrogens with one attached hydrogen (secondary N) is 2. The van der Waals surface area contributed by atoms with Crippen LogP contribution in [0.5, 0.6) is 0 Å². The Morgan fingerprint density at radius 1 is 1.25 bits per heavy atom.